The van der Waals surface area contributed by atoms with Gasteiger partial charge in [-0.25, -0.2) is 4.79 Å². The average molecular weight is 1010 g/mol. The van der Waals surface area contributed by atoms with E-state index in [0.717, 1.165) is 34.3 Å². The molecule has 8 rings (SSSR count). The molecule has 0 aliphatic carbocycles. The Morgan fingerprint density at radius 3 is 2.30 bits per heavy atom. The lowest BCUT2D eigenvalue weighted by molar-refractivity contribution is -0.137. The molecule has 6 N–H and O–H groups in total. The number of ether oxygens (including phenoxy) is 1. The van der Waals surface area contributed by atoms with E-state index < -0.39 is 29.9 Å². The van der Waals surface area contributed by atoms with E-state index in [0.29, 0.717) is 105 Å². The van der Waals surface area contributed by atoms with Crippen LogP contribution in [0.3, 0.4) is 0 Å². The number of anilines is 3. The molecule has 0 saturated carbocycles. The number of H-pyrrole nitrogens is 1. The number of fused-ring (bicyclic) bond motifs is 4. The number of benzene rings is 4. The fourth-order valence-corrected chi connectivity index (χ4v) is 9.34. The quantitative estimate of drug-likeness (QED) is 0.0172. The number of carbonyl (C=O) groups is 8. The molecule has 0 spiro atoms. The molecule has 1 fully saturated rings. The molecule has 3 aliphatic heterocycles. The van der Waals surface area contributed by atoms with Crippen molar-refractivity contribution in [1.82, 2.24) is 25.0 Å². The zero-order chi connectivity index (χ0) is 51.6. The van der Waals surface area contributed by atoms with Gasteiger partial charge in [0.2, 0.25) is 5.91 Å². The number of halogens is 1. The molecule has 380 valence electrons. The minimum absolute atomic E-state index is 0.0199. The van der Waals surface area contributed by atoms with Crippen LogP contribution >= 0.6 is 11.6 Å². The van der Waals surface area contributed by atoms with Gasteiger partial charge in [0.1, 0.15) is 23.8 Å². The van der Waals surface area contributed by atoms with Crippen LogP contribution in [0.1, 0.15) is 77.3 Å². The molecule has 0 unspecified atom stereocenters. The number of likely N-dealkylation sites (N-methyl/N-ethyl adjacent to an activating group) is 1. The highest BCUT2D eigenvalue weighted by molar-refractivity contribution is 6.44. The summed E-state index contributed by atoms with van der Waals surface area (Å²) in [6.07, 6.45) is 5.58. The summed E-state index contributed by atoms with van der Waals surface area (Å²) in [5.41, 5.74) is 9.11. The first-order valence-electron chi connectivity index (χ1n) is 24.3. The van der Waals surface area contributed by atoms with E-state index in [1.807, 2.05) is 31.3 Å². The molecule has 1 saturated heterocycles. The van der Waals surface area contributed by atoms with Gasteiger partial charge in [0, 0.05) is 109 Å². The first kappa shape index (κ1) is 51.6. The smallest absolute Gasteiger partial charge is 0.409 e. The van der Waals surface area contributed by atoms with Gasteiger partial charge in [-0.15, -0.1) is 11.6 Å². The summed E-state index contributed by atoms with van der Waals surface area (Å²) >= 11 is 6.55. The zero-order valence-electron chi connectivity index (χ0n) is 40.4. The third kappa shape index (κ3) is 12.3. The second-order valence-corrected chi connectivity index (χ2v) is 18.5. The van der Waals surface area contributed by atoms with Gasteiger partial charge in [0.15, 0.2) is 5.84 Å². The Labute approximate surface area is 426 Å². The van der Waals surface area contributed by atoms with Gasteiger partial charge in [0.25, 0.3) is 29.5 Å². The summed E-state index contributed by atoms with van der Waals surface area (Å²) < 4.78 is 6.05. The highest BCUT2D eigenvalue weighted by Crippen LogP contribution is 2.46. The van der Waals surface area contributed by atoms with Gasteiger partial charge in [-0.1, -0.05) is 30.7 Å². The molecular formula is C53H57ClN10O9. The van der Waals surface area contributed by atoms with Crippen LogP contribution in [0.4, 0.5) is 21.9 Å². The molecule has 1 aromatic heterocycles. The number of aromatic amines is 1. The van der Waals surface area contributed by atoms with Crippen molar-refractivity contribution < 1.29 is 43.1 Å². The standard InChI is InChI=1S/C53H57ClN10O9/c1-61-23-25-62(26-24-61)53(72)73-44-29-43-48(40-11-5-4-10-39(40)44)35(30-54)31-64(43)52(71)42-28-34-27-37(17-18-41(34)59-42)58-50(69)33-13-15-36(16-14-33)57-51(70)49(56-38(32-65)9-6-7-21-55)60-45(66)12-3-2-8-22-63-46(67)19-20-47(63)68/h4-5,10-11,13-20,27-29,32,35,38,59H,2-3,6-9,12,21-26,30-31,55H2,1H3,(H,57,70)(H,58,69)(H,56,60,66)/t35-,38+/m1/s1. The highest BCUT2D eigenvalue weighted by Gasteiger charge is 2.36. The molecule has 0 bridgehead atoms. The number of hydrogen-bond donors (Lipinski definition) is 5. The number of amides is 7. The minimum Gasteiger partial charge on any atom is -0.409 e. The van der Waals surface area contributed by atoms with E-state index in [1.54, 1.807) is 40.1 Å². The van der Waals surface area contributed by atoms with E-state index in [2.05, 4.69) is 30.8 Å². The molecular weight excluding hydrogens is 956 g/mol. The van der Waals surface area contributed by atoms with Gasteiger partial charge < -0.3 is 50.9 Å². The van der Waals surface area contributed by atoms with Crippen molar-refractivity contribution in [2.75, 3.05) is 74.3 Å². The number of nitrogens with two attached hydrogens (primary N) is 1. The number of rotatable bonds is 18. The second kappa shape index (κ2) is 23.7. The second-order valence-electron chi connectivity index (χ2n) is 18.2. The average Bonchev–Trinajstić information content (AvgIpc) is 4.09. The van der Waals surface area contributed by atoms with E-state index in [-0.39, 0.29) is 59.6 Å². The molecule has 2 atom stereocenters. The zero-order valence-corrected chi connectivity index (χ0v) is 41.1. The van der Waals surface area contributed by atoms with E-state index in [4.69, 9.17) is 22.1 Å². The van der Waals surface area contributed by atoms with Crippen molar-refractivity contribution in [3.05, 3.63) is 108 Å². The van der Waals surface area contributed by atoms with Crippen molar-refractivity contribution >= 4 is 104 Å². The van der Waals surface area contributed by atoms with Crippen molar-refractivity contribution in [3.63, 3.8) is 0 Å². The first-order valence-corrected chi connectivity index (χ1v) is 24.9. The summed E-state index contributed by atoms with van der Waals surface area (Å²) in [6.45, 7) is 3.53. The number of imide groups is 1. The number of nitrogens with one attached hydrogen (secondary N) is 4. The van der Waals surface area contributed by atoms with E-state index in [9.17, 15) is 38.4 Å². The molecule has 4 aromatic carbocycles. The Morgan fingerprint density at radius 2 is 1.59 bits per heavy atom. The van der Waals surface area contributed by atoms with Crippen LogP contribution in [0, 0.1) is 0 Å². The third-order valence-electron chi connectivity index (χ3n) is 13.1. The van der Waals surface area contributed by atoms with Crippen molar-refractivity contribution in [2.24, 2.45) is 10.7 Å². The van der Waals surface area contributed by atoms with Crippen LogP contribution < -0.4 is 31.3 Å². The summed E-state index contributed by atoms with van der Waals surface area (Å²) in [7, 11) is 2.01. The van der Waals surface area contributed by atoms with Gasteiger partial charge in [-0.05, 0) is 105 Å². The van der Waals surface area contributed by atoms with Crippen LogP contribution in [0.5, 0.6) is 5.75 Å². The molecule has 3 aliphatic rings. The van der Waals surface area contributed by atoms with E-state index in [1.165, 1.54) is 36.4 Å². The number of alkyl halides is 1. The maximum Gasteiger partial charge on any atom is 0.415 e. The monoisotopic (exact) mass is 1010 g/mol. The Hall–Kier alpha value is -7.74. The van der Waals surface area contributed by atoms with Crippen molar-refractivity contribution in [2.45, 2.75) is 56.9 Å². The minimum atomic E-state index is -0.909. The molecule has 4 heterocycles. The Morgan fingerprint density at radius 1 is 0.863 bits per heavy atom. The van der Waals surface area contributed by atoms with Gasteiger partial charge in [0.05, 0.1) is 5.69 Å². The SMILES string of the molecule is CN1CCN(C(=O)Oc2cc3c(c4ccccc24)[C@H](CCl)CN3C(=O)c2cc3cc(NC(=O)c4ccc(NC(=O)C(=N[C@H](C=O)CCCCN)NC(=O)CCCCCN5C(=O)C=CC5=O)cc4)ccc3[nH]2)CC1. The molecule has 73 heavy (non-hydrogen) atoms. The number of aldehydes is 1. The third-order valence-corrected chi connectivity index (χ3v) is 13.5. The normalized spacial score (nSPS) is 16.2. The number of hydrogen-bond acceptors (Lipinski definition) is 12. The molecule has 5 aromatic rings. The molecule has 0 radical (unpaired) electrons. The fourth-order valence-electron chi connectivity index (χ4n) is 9.09. The van der Waals surface area contributed by atoms with Crippen molar-refractivity contribution in [1.29, 1.82) is 0 Å². The number of aromatic nitrogens is 1. The number of carbonyl (C=O) groups excluding carboxylic acids is 8. The summed E-state index contributed by atoms with van der Waals surface area (Å²) in [4.78, 5) is 117. The summed E-state index contributed by atoms with van der Waals surface area (Å²) in [5, 5.41) is 10.4. The van der Waals surface area contributed by atoms with Crippen molar-refractivity contribution in [3.8, 4) is 5.75 Å². The van der Waals surface area contributed by atoms with E-state index >= 15 is 0 Å². The number of amidine groups is 1. The van der Waals surface area contributed by atoms with Crippen LogP contribution in [0.2, 0.25) is 0 Å². The number of aliphatic imine (C=N–C) groups is 1. The largest absolute Gasteiger partial charge is 0.415 e. The fraction of sp³-hybridized carbons (Fsp3) is 0.340. The number of piperazine rings is 1. The van der Waals surface area contributed by atoms with Gasteiger partial charge >= 0.3 is 6.09 Å². The summed E-state index contributed by atoms with van der Waals surface area (Å²) in [6, 6.07) is 21.5. The Balaban J connectivity index is 0.907. The summed E-state index contributed by atoms with van der Waals surface area (Å²) in [5.74, 6) is -2.69. The van der Waals surface area contributed by atoms with Crippen LogP contribution in [0.25, 0.3) is 21.7 Å². The van der Waals surface area contributed by atoms with Crippen LogP contribution in [0.15, 0.2) is 96.0 Å². The predicted octanol–water partition coefficient (Wildman–Crippen LogP) is 5.94. The maximum absolute atomic E-state index is 14.4. The number of unbranched alkanes of at least 4 members (excludes halogenated alkanes) is 3. The van der Waals surface area contributed by atoms with Gasteiger partial charge in [-0.3, -0.25) is 38.7 Å². The van der Waals surface area contributed by atoms with Crippen LogP contribution in [-0.2, 0) is 24.0 Å². The lowest BCUT2D eigenvalue weighted by atomic mass is 9.95. The van der Waals surface area contributed by atoms with Gasteiger partial charge in [-0.2, -0.15) is 0 Å². The molecule has 7 amide bonds. The maximum atomic E-state index is 14.4. The lowest BCUT2D eigenvalue weighted by Crippen LogP contribution is -2.48. The Kier molecular flexibility index (Phi) is 16.7. The topological polar surface area (TPSA) is 249 Å². The molecule has 20 heteroatoms. The van der Waals surface area contributed by atoms with Crippen LogP contribution in [-0.4, -0.2) is 138 Å². The first-order chi connectivity index (χ1) is 35.3. The highest BCUT2D eigenvalue weighted by atomic mass is 35.5. The Bertz CT molecular complexity index is 2980. The lowest BCUT2D eigenvalue weighted by Gasteiger charge is -2.31. The predicted molar refractivity (Wildman–Crippen MR) is 278 cm³/mol. The number of nitrogens with zero attached hydrogens (tertiary/aromatic N) is 5. The molecule has 19 nitrogen and oxygen atoms in total.